The van der Waals surface area contributed by atoms with Crippen molar-refractivity contribution in [1.82, 2.24) is 10.2 Å². The Balaban J connectivity index is 2.80. The number of carbonyl (C=O) groups excluding carboxylic acids is 1. The van der Waals surface area contributed by atoms with Gasteiger partial charge in [0.2, 0.25) is 0 Å². The summed E-state index contributed by atoms with van der Waals surface area (Å²) in [5, 5.41) is 11.2. The summed E-state index contributed by atoms with van der Waals surface area (Å²) in [6.07, 6.45) is 2.18. The summed E-state index contributed by atoms with van der Waals surface area (Å²) in [5.41, 5.74) is 0.320. The Bertz CT molecular complexity index is 556. The van der Waals surface area contributed by atoms with Crippen LogP contribution in [0.2, 0.25) is 0 Å². The highest BCUT2D eigenvalue weighted by molar-refractivity contribution is 5.95. The van der Waals surface area contributed by atoms with Crippen LogP contribution in [0.1, 0.15) is 22.8 Å². The van der Waals surface area contributed by atoms with Crippen LogP contribution in [-0.2, 0) is 4.79 Å². The molecule has 1 aromatic carbocycles. The molecule has 0 aromatic heterocycles. The molecule has 0 radical (unpaired) electrons. The van der Waals surface area contributed by atoms with Crippen molar-refractivity contribution in [3.63, 3.8) is 0 Å². The van der Waals surface area contributed by atoms with Crippen LogP contribution >= 0.6 is 0 Å². The highest BCUT2D eigenvalue weighted by Crippen LogP contribution is 2.12. The molecule has 0 aliphatic heterocycles. The van der Waals surface area contributed by atoms with Gasteiger partial charge in [0.05, 0.1) is 5.56 Å². The maximum atomic E-state index is 13.9. The van der Waals surface area contributed by atoms with Gasteiger partial charge in [-0.05, 0) is 44.8 Å². The van der Waals surface area contributed by atoms with Crippen molar-refractivity contribution in [2.45, 2.75) is 13.0 Å². The number of rotatable bonds is 6. The average molecular weight is 294 g/mol. The van der Waals surface area contributed by atoms with Crippen LogP contribution in [0.4, 0.5) is 4.39 Å². The van der Waals surface area contributed by atoms with E-state index < -0.39 is 17.7 Å². The molecule has 0 heterocycles. The van der Waals surface area contributed by atoms with Crippen LogP contribution in [-0.4, -0.2) is 48.6 Å². The Kier molecular flexibility index (Phi) is 6.05. The fourth-order valence-corrected chi connectivity index (χ4v) is 1.88. The Morgan fingerprint density at radius 1 is 1.43 bits per heavy atom. The lowest BCUT2D eigenvalue weighted by molar-refractivity contribution is -0.131. The van der Waals surface area contributed by atoms with Gasteiger partial charge in [0, 0.05) is 18.7 Å². The normalized spacial score (nSPS) is 12.6. The monoisotopic (exact) mass is 294 g/mol. The second kappa shape index (κ2) is 7.54. The summed E-state index contributed by atoms with van der Waals surface area (Å²) in [4.78, 5) is 24.3. The lowest BCUT2D eigenvalue weighted by Crippen LogP contribution is -2.39. The molecular formula is C15H19FN2O3. The van der Waals surface area contributed by atoms with Crippen LogP contribution in [0.15, 0.2) is 24.3 Å². The summed E-state index contributed by atoms with van der Waals surface area (Å²) in [7, 11) is 3.76. The summed E-state index contributed by atoms with van der Waals surface area (Å²) in [6.45, 7) is 2.48. The van der Waals surface area contributed by atoms with Gasteiger partial charge in [0.1, 0.15) is 5.82 Å². The molecule has 1 amide bonds. The standard InChI is InChI=1S/C15H19FN2O3/c1-10(9-18(2)3)17-15(21)12-6-4-11(8-13(12)16)5-7-14(19)20/h4-8,10H,9H2,1-3H3,(H,17,21)(H,19,20)/b7-5+. The Hall–Kier alpha value is -2.21. The van der Waals surface area contributed by atoms with Gasteiger partial charge < -0.3 is 15.3 Å². The minimum absolute atomic E-state index is 0.0620. The van der Waals surface area contributed by atoms with Crippen molar-refractivity contribution in [3.8, 4) is 0 Å². The molecule has 1 unspecified atom stereocenters. The van der Waals surface area contributed by atoms with Gasteiger partial charge in [-0.3, -0.25) is 4.79 Å². The van der Waals surface area contributed by atoms with Crippen LogP contribution < -0.4 is 5.32 Å². The number of carboxylic acid groups (broad SMARTS) is 1. The highest BCUT2D eigenvalue weighted by Gasteiger charge is 2.14. The zero-order valence-corrected chi connectivity index (χ0v) is 12.3. The molecular weight excluding hydrogens is 275 g/mol. The summed E-state index contributed by atoms with van der Waals surface area (Å²) < 4.78 is 13.9. The number of benzene rings is 1. The first-order valence-corrected chi connectivity index (χ1v) is 6.45. The third-order valence-corrected chi connectivity index (χ3v) is 2.67. The van der Waals surface area contributed by atoms with E-state index in [1.165, 1.54) is 18.2 Å². The lowest BCUT2D eigenvalue weighted by atomic mass is 10.1. The van der Waals surface area contributed by atoms with Gasteiger partial charge in [-0.25, -0.2) is 9.18 Å². The van der Waals surface area contributed by atoms with Crippen LogP contribution in [0.5, 0.6) is 0 Å². The van der Waals surface area contributed by atoms with Crippen molar-refractivity contribution >= 4 is 18.0 Å². The van der Waals surface area contributed by atoms with E-state index in [1.54, 1.807) is 0 Å². The number of nitrogens with one attached hydrogen (secondary N) is 1. The third kappa shape index (κ3) is 5.74. The van der Waals surface area contributed by atoms with Crippen LogP contribution in [0.3, 0.4) is 0 Å². The van der Waals surface area contributed by atoms with Crippen molar-refractivity contribution < 1.29 is 19.1 Å². The molecule has 1 atom stereocenters. The molecule has 21 heavy (non-hydrogen) atoms. The van der Waals surface area contributed by atoms with Crippen LogP contribution in [0.25, 0.3) is 6.08 Å². The van der Waals surface area contributed by atoms with Crippen LogP contribution in [0, 0.1) is 5.82 Å². The Labute approximate surface area is 123 Å². The average Bonchev–Trinajstić information content (AvgIpc) is 2.34. The van der Waals surface area contributed by atoms with Gasteiger partial charge >= 0.3 is 5.97 Å². The van der Waals surface area contributed by atoms with E-state index in [0.29, 0.717) is 12.1 Å². The molecule has 0 saturated heterocycles. The molecule has 1 aromatic rings. The molecule has 1 rings (SSSR count). The predicted octanol–water partition coefficient (Wildman–Crippen LogP) is 1.60. The summed E-state index contributed by atoms with van der Waals surface area (Å²) in [5.74, 6) is -2.29. The second-order valence-electron chi connectivity index (χ2n) is 5.05. The van der Waals surface area contributed by atoms with Gasteiger partial charge in [-0.1, -0.05) is 6.07 Å². The largest absolute Gasteiger partial charge is 0.478 e. The van der Waals surface area contributed by atoms with Gasteiger partial charge in [0.15, 0.2) is 0 Å². The van der Waals surface area contributed by atoms with Crippen molar-refractivity contribution in [2.75, 3.05) is 20.6 Å². The number of hydrogen-bond donors (Lipinski definition) is 2. The molecule has 0 fully saturated rings. The highest BCUT2D eigenvalue weighted by atomic mass is 19.1. The molecule has 0 aliphatic carbocycles. The first kappa shape index (κ1) is 16.8. The number of carbonyl (C=O) groups is 2. The first-order valence-electron chi connectivity index (χ1n) is 6.45. The Morgan fingerprint density at radius 3 is 2.62 bits per heavy atom. The van der Waals surface area contributed by atoms with E-state index in [9.17, 15) is 14.0 Å². The molecule has 0 aliphatic rings. The predicted molar refractivity (Wildman–Crippen MR) is 78.6 cm³/mol. The quantitative estimate of drug-likeness (QED) is 0.782. The number of amides is 1. The first-order chi connectivity index (χ1) is 9.79. The van der Waals surface area contributed by atoms with Gasteiger partial charge in [0.25, 0.3) is 5.91 Å². The number of carboxylic acids is 1. The van der Waals surface area contributed by atoms with E-state index in [1.807, 2.05) is 25.9 Å². The molecule has 114 valence electrons. The number of nitrogens with zero attached hydrogens (tertiary/aromatic N) is 1. The third-order valence-electron chi connectivity index (χ3n) is 2.67. The lowest BCUT2D eigenvalue weighted by Gasteiger charge is -2.18. The smallest absolute Gasteiger partial charge is 0.328 e. The number of aliphatic carboxylic acids is 1. The van der Waals surface area contributed by atoms with E-state index in [2.05, 4.69) is 5.32 Å². The summed E-state index contributed by atoms with van der Waals surface area (Å²) in [6, 6.07) is 3.85. The number of halogens is 1. The Morgan fingerprint density at radius 2 is 2.10 bits per heavy atom. The minimum Gasteiger partial charge on any atom is -0.478 e. The fraction of sp³-hybridized carbons (Fsp3) is 0.333. The maximum absolute atomic E-state index is 13.9. The van der Waals surface area contributed by atoms with E-state index in [4.69, 9.17) is 5.11 Å². The zero-order valence-electron chi connectivity index (χ0n) is 12.3. The number of likely N-dealkylation sites (N-methyl/N-ethyl adjacent to an activating group) is 1. The van der Waals surface area contributed by atoms with E-state index in [0.717, 1.165) is 12.1 Å². The molecule has 0 spiro atoms. The molecule has 0 saturated carbocycles. The van der Waals surface area contributed by atoms with E-state index >= 15 is 0 Å². The fourth-order valence-electron chi connectivity index (χ4n) is 1.88. The molecule has 5 nitrogen and oxygen atoms in total. The van der Waals surface area contributed by atoms with Gasteiger partial charge in [-0.15, -0.1) is 0 Å². The van der Waals surface area contributed by atoms with Gasteiger partial charge in [-0.2, -0.15) is 0 Å². The summed E-state index contributed by atoms with van der Waals surface area (Å²) >= 11 is 0. The number of hydrogen-bond acceptors (Lipinski definition) is 3. The molecule has 2 N–H and O–H groups in total. The molecule has 6 heteroatoms. The van der Waals surface area contributed by atoms with Crippen molar-refractivity contribution in [2.24, 2.45) is 0 Å². The van der Waals surface area contributed by atoms with Crippen molar-refractivity contribution in [1.29, 1.82) is 0 Å². The second-order valence-corrected chi connectivity index (χ2v) is 5.05. The molecule has 0 bridgehead atoms. The minimum atomic E-state index is -1.12. The zero-order chi connectivity index (χ0) is 16.0. The SMILES string of the molecule is CC(CN(C)C)NC(=O)c1ccc(/C=C/C(=O)O)cc1F. The maximum Gasteiger partial charge on any atom is 0.328 e. The topological polar surface area (TPSA) is 69.6 Å². The van der Waals surface area contributed by atoms with Crippen molar-refractivity contribution in [3.05, 3.63) is 41.2 Å². The van der Waals surface area contributed by atoms with E-state index in [-0.39, 0.29) is 11.6 Å².